The summed E-state index contributed by atoms with van der Waals surface area (Å²) in [6, 6.07) is 25.2. The third-order valence-electron chi connectivity index (χ3n) is 5.71. The second kappa shape index (κ2) is 8.07. The largest absolute Gasteiger partial charge is 0.339 e. The molecule has 31 heavy (non-hydrogen) atoms. The molecule has 4 aromatic rings. The molecule has 0 unspecified atom stereocenters. The molecule has 154 valence electrons. The maximum atomic E-state index is 13.0. The van der Waals surface area contributed by atoms with Crippen molar-refractivity contribution in [2.45, 2.75) is 0 Å². The van der Waals surface area contributed by atoms with Crippen LogP contribution in [0.1, 0.15) is 10.4 Å². The van der Waals surface area contributed by atoms with Crippen molar-refractivity contribution in [2.24, 2.45) is 0 Å². The fourth-order valence-corrected chi connectivity index (χ4v) is 3.96. The van der Waals surface area contributed by atoms with Crippen LogP contribution in [0.25, 0.3) is 22.0 Å². The van der Waals surface area contributed by atoms with Crippen LogP contribution in [0.4, 0.5) is 5.95 Å². The summed E-state index contributed by atoms with van der Waals surface area (Å²) < 4.78 is 0. The Balaban J connectivity index is 1.27. The van der Waals surface area contributed by atoms with Crippen molar-refractivity contribution in [2.75, 3.05) is 31.1 Å². The molecule has 2 heterocycles. The minimum atomic E-state index is -0.141. The molecule has 0 bridgehead atoms. The van der Waals surface area contributed by atoms with Gasteiger partial charge in [-0.05, 0) is 35.4 Å². The zero-order valence-electron chi connectivity index (χ0n) is 17.0. The first-order chi connectivity index (χ1) is 15.2. The van der Waals surface area contributed by atoms with Gasteiger partial charge in [0.1, 0.15) is 0 Å². The van der Waals surface area contributed by atoms with Crippen molar-refractivity contribution in [3.05, 3.63) is 94.8 Å². The molecule has 1 aliphatic heterocycles. The number of rotatable bonds is 3. The van der Waals surface area contributed by atoms with Gasteiger partial charge in [0.05, 0.1) is 10.9 Å². The molecule has 1 N–H and O–H groups in total. The first-order valence-corrected chi connectivity index (χ1v) is 10.4. The lowest BCUT2D eigenvalue weighted by molar-refractivity contribution is 0.0746. The average molecular weight is 410 g/mol. The van der Waals surface area contributed by atoms with Gasteiger partial charge in [0.15, 0.2) is 0 Å². The van der Waals surface area contributed by atoms with E-state index in [9.17, 15) is 9.59 Å². The van der Waals surface area contributed by atoms with Gasteiger partial charge in [-0.2, -0.15) is 0 Å². The van der Waals surface area contributed by atoms with Crippen molar-refractivity contribution in [3.8, 4) is 11.1 Å². The second-order valence-corrected chi connectivity index (χ2v) is 7.63. The molecule has 6 heteroatoms. The normalized spacial score (nSPS) is 14.1. The number of aromatic nitrogens is 2. The maximum Gasteiger partial charge on any atom is 0.260 e. The molecule has 1 aliphatic rings. The van der Waals surface area contributed by atoms with Crippen LogP contribution in [0, 0.1) is 0 Å². The summed E-state index contributed by atoms with van der Waals surface area (Å²) in [4.78, 5) is 36.6. The van der Waals surface area contributed by atoms with Crippen LogP contribution < -0.4 is 10.5 Å². The van der Waals surface area contributed by atoms with E-state index >= 15 is 0 Å². The van der Waals surface area contributed by atoms with Gasteiger partial charge in [0.2, 0.25) is 5.95 Å². The molecule has 3 aromatic carbocycles. The monoisotopic (exact) mass is 410 g/mol. The Morgan fingerprint density at radius 3 is 2.16 bits per heavy atom. The number of carbonyl (C=O) groups excluding carboxylic acids is 1. The summed E-state index contributed by atoms with van der Waals surface area (Å²) >= 11 is 0. The molecule has 0 aliphatic carbocycles. The van der Waals surface area contributed by atoms with E-state index < -0.39 is 0 Å². The van der Waals surface area contributed by atoms with Crippen LogP contribution in [0.3, 0.4) is 0 Å². The quantitative estimate of drug-likeness (QED) is 0.561. The number of benzene rings is 3. The van der Waals surface area contributed by atoms with Crippen molar-refractivity contribution >= 4 is 22.8 Å². The fourth-order valence-electron chi connectivity index (χ4n) is 3.96. The number of H-pyrrole nitrogens is 1. The highest BCUT2D eigenvalue weighted by molar-refractivity contribution is 5.95. The summed E-state index contributed by atoms with van der Waals surface area (Å²) in [5, 5.41) is 0.582. The van der Waals surface area contributed by atoms with E-state index in [2.05, 4.69) is 22.1 Å². The van der Waals surface area contributed by atoms with Crippen LogP contribution in [-0.4, -0.2) is 47.0 Å². The number of aromatic amines is 1. The highest BCUT2D eigenvalue weighted by Gasteiger charge is 2.23. The molecule has 6 nitrogen and oxygen atoms in total. The Labute approximate surface area is 179 Å². The first-order valence-electron chi connectivity index (χ1n) is 10.4. The van der Waals surface area contributed by atoms with E-state index in [4.69, 9.17) is 0 Å². The summed E-state index contributed by atoms with van der Waals surface area (Å²) in [5.41, 5.74) is 3.45. The number of hydrogen-bond donors (Lipinski definition) is 1. The number of nitrogens with one attached hydrogen (secondary N) is 1. The van der Waals surface area contributed by atoms with E-state index in [0.29, 0.717) is 48.6 Å². The van der Waals surface area contributed by atoms with Crippen molar-refractivity contribution in [1.82, 2.24) is 14.9 Å². The third kappa shape index (κ3) is 3.80. The third-order valence-corrected chi connectivity index (χ3v) is 5.71. The lowest BCUT2D eigenvalue weighted by Crippen LogP contribution is -2.49. The first kappa shape index (κ1) is 19.1. The number of carbonyl (C=O) groups is 1. The zero-order chi connectivity index (χ0) is 21.2. The highest BCUT2D eigenvalue weighted by atomic mass is 16.2. The summed E-state index contributed by atoms with van der Waals surface area (Å²) in [6.07, 6.45) is 0. The van der Waals surface area contributed by atoms with Gasteiger partial charge in [0.25, 0.3) is 11.5 Å². The summed E-state index contributed by atoms with van der Waals surface area (Å²) in [5.74, 6) is 0.585. The number of amides is 1. The lowest BCUT2D eigenvalue weighted by atomic mass is 10.0. The Hall–Kier alpha value is -3.93. The van der Waals surface area contributed by atoms with Crippen molar-refractivity contribution in [3.63, 3.8) is 0 Å². The number of piperazine rings is 1. The van der Waals surface area contributed by atoms with Gasteiger partial charge in [0, 0.05) is 31.7 Å². The van der Waals surface area contributed by atoms with E-state index in [1.54, 1.807) is 6.07 Å². The van der Waals surface area contributed by atoms with Gasteiger partial charge in [-0.25, -0.2) is 4.98 Å². The zero-order valence-corrected chi connectivity index (χ0v) is 17.0. The number of anilines is 1. The van der Waals surface area contributed by atoms with Crippen LogP contribution in [-0.2, 0) is 0 Å². The van der Waals surface area contributed by atoms with Crippen LogP contribution in [0.2, 0.25) is 0 Å². The molecule has 0 atom stereocenters. The fraction of sp³-hybridized carbons (Fsp3) is 0.160. The Morgan fingerprint density at radius 1 is 0.774 bits per heavy atom. The van der Waals surface area contributed by atoms with E-state index in [1.165, 1.54) is 0 Å². The van der Waals surface area contributed by atoms with Crippen molar-refractivity contribution in [1.29, 1.82) is 0 Å². The highest BCUT2D eigenvalue weighted by Crippen LogP contribution is 2.20. The Bertz CT molecular complexity index is 1270. The number of nitrogens with zero attached hydrogens (tertiary/aromatic N) is 3. The Morgan fingerprint density at radius 2 is 1.42 bits per heavy atom. The molecule has 1 fully saturated rings. The van der Waals surface area contributed by atoms with Crippen LogP contribution in [0.15, 0.2) is 83.7 Å². The predicted molar refractivity (Wildman–Crippen MR) is 122 cm³/mol. The maximum absolute atomic E-state index is 13.0. The molecule has 1 aromatic heterocycles. The summed E-state index contributed by atoms with van der Waals surface area (Å²) in [6.45, 7) is 2.40. The SMILES string of the molecule is O=C(c1ccc(-c2ccccc2)cc1)N1CCN(c2nc3ccccc3c(=O)[nH]2)CC1. The molecular formula is C25H22N4O2. The molecule has 1 amide bonds. The molecule has 1 saturated heterocycles. The van der Waals surface area contributed by atoms with Gasteiger partial charge in [-0.3, -0.25) is 14.6 Å². The molecule has 0 saturated carbocycles. The van der Waals surface area contributed by atoms with Gasteiger partial charge in [-0.1, -0.05) is 54.6 Å². The minimum Gasteiger partial charge on any atom is -0.339 e. The van der Waals surface area contributed by atoms with E-state index in [-0.39, 0.29) is 11.5 Å². The minimum absolute atomic E-state index is 0.0271. The lowest BCUT2D eigenvalue weighted by Gasteiger charge is -2.35. The second-order valence-electron chi connectivity index (χ2n) is 7.63. The number of hydrogen-bond acceptors (Lipinski definition) is 4. The van der Waals surface area contributed by atoms with Crippen molar-refractivity contribution < 1.29 is 4.79 Å². The number of fused-ring (bicyclic) bond motifs is 1. The van der Waals surface area contributed by atoms with E-state index in [1.807, 2.05) is 70.5 Å². The topological polar surface area (TPSA) is 69.3 Å². The Kier molecular flexibility index (Phi) is 4.96. The molecule has 0 spiro atoms. The molecule has 0 radical (unpaired) electrons. The van der Waals surface area contributed by atoms with E-state index in [0.717, 1.165) is 11.1 Å². The standard InChI is InChI=1S/C25H22N4O2/c30-23-21-8-4-5-9-22(21)26-25(27-23)29-16-14-28(15-17-29)24(31)20-12-10-19(11-13-20)18-6-2-1-3-7-18/h1-13H,14-17H2,(H,26,27,30). The molecular weight excluding hydrogens is 388 g/mol. The van der Waals surface area contributed by atoms with Crippen LogP contribution in [0.5, 0.6) is 0 Å². The predicted octanol–water partition coefficient (Wildman–Crippen LogP) is 3.55. The molecule has 5 rings (SSSR count). The van der Waals surface area contributed by atoms with Gasteiger partial charge < -0.3 is 9.80 Å². The van der Waals surface area contributed by atoms with Crippen LogP contribution >= 0.6 is 0 Å². The van der Waals surface area contributed by atoms with Gasteiger partial charge in [-0.15, -0.1) is 0 Å². The summed E-state index contributed by atoms with van der Waals surface area (Å²) in [7, 11) is 0. The number of para-hydroxylation sites is 1. The van der Waals surface area contributed by atoms with Gasteiger partial charge >= 0.3 is 0 Å². The smallest absolute Gasteiger partial charge is 0.260 e. The average Bonchev–Trinajstić information content (AvgIpc) is 2.84.